The van der Waals surface area contributed by atoms with E-state index in [0.29, 0.717) is 0 Å². The van der Waals surface area contributed by atoms with Gasteiger partial charge in [0.2, 0.25) is 0 Å². The normalized spacial score (nSPS) is 14.1. The molecular weight excluding hydrogens is 248 g/mol. The average molecular weight is 270 g/mol. The standard InChI is InChI=1S/C16H22N4/c1-3-17-16-9-8-13(10-18-16)11-20-12(2)19-14-6-4-5-7-15(14)20/h8-10H,3-7,11H2,1-2H3,(H,17,18). The molecule has 0 saturated heterocycles. The number of nitrogens with zero attached hydrogens (tertiary/aromatic N) is 3. The fraction of sp³-hybridized carbons (Fsp3) is 0.500. The second-order valence-electron chi connectivity index (χ2n) is 5.43. The van der Waals surface area contributed by atoms with Crippen molar-refractivity contribution in [2.24, 2.45) is 0 Å². The van der Waals surface area contributed by atoms with Gasteiger partial charge in [0.15, 0.2) is 0 Å². The molecule has 0 amide bonds. The van der Waals surface area contributed by atoms with Gasteiger partial charge in [-0.2, -0.15) is 0 Å². The van der Waals surface area contributed by atoms with Gasteiger partial charge in [-0.15, -0.1) is 0 Å². The summed E-state index contributed by atoms with van der Waals surface area (Å²) in [7, 11) is 0. The van der Waals surface area contributed by atoms with Crippen molar-refractivity contribution in [3.63, 3.8) is 0 Å². The molecule has 1 aliphatic carbocycles. The number of rotatable bonds is 4. The van der Waals surface area contributed by atoms with Gasteiger partial charge < -0.3 is 9.88 Å². The molecule has 0 saturated carbocycles. The average Bonchev–Trinajstić information content (AvgIpc) is 2.78. The first-order valence-corrected chi connectivity index (χ1v) is 7.51. The quantitative estimate of drug-likeness (QED) is 0.929. The minimum Gasteiger partial charge on any atom is -0.370 e. The highest BCUT2D eigenvalue weighted by Gasteiger charge is 2.17. The van der Waals surface area contributed by atoms with Crippen molar-refractivity contribution in [1.29, 1.82) is 0 Å². The molecule has 0 spiro atoms. The van der Waals surface area contributed by atoms with E-state index in [4.69, 9.17) is 4.98 Å². The van der Waals surface area contributed by atoms with Crippen LogP contribution in [0.4, 0.5) is 5.82 Å². The van der Waals surface area contributed by atoms with Crippen LogP contribution in [0.25, 0.3) is 0 Å². The van der Waals surface area contributed by atoms with Gasteiger partial charge in [-0.3, -0.25) is 0 Å². The lowest BCUT2D eigenvalue weighted by molar-refractivity contribution is 0.624. The SMILES string of the molecule is CCNc1ccc(Cn2c(C)nc3c2CCCC3)cn1. The minimum absolute atomic E-state index is 0.883. The predicted octanol–water partition coefficient (Wildman–Crippen LogP) is 2.95. The molecule has 4 nitrogen and oxygen atoms in total. The van der Waals surface area contributed by atoms with E-state index in [1.807, 2.05) is 6.20 Å². The summed E-state index contributed by atoms with van der Waals surface area (Å²) in [6.07, 6.45) is 6.84. The molecule has 0 radical (unpaired) electrons. The van der Waals surface area contributed by atoms with Crippen LogP contribution in [0.3, 0.4) is 0 Å². The zero-order valence-corrected chi connectivity index (χ0v) is 12.3. The Morgan fingerprint density at radius 1 is 1.25 bits per heavy atom. The number of hydrogen-bond acceptors (Lipinski definition) is 3. The van der Waals surface area contributed by atoms with Crippen LogP contribution in [-0.4, -0.2) is 21.1 Å². The van der Waals surface area contributed by atoms with E-state index in [1.165, 1.54) is 36.2 Å². The molecule has 2 heterocycles. The van der Waals surface area contributed by atoms with Crippen LogP contribution < -0.4 is 5.32 Å². The lowest BCUT2D eigenvalue weighted by Gasteiger charge is -2.15. The van der Waals surface area contributed by atoms with Crippen molar-refractivity contribution in [3.05, 3.63) is 41.1 Å². The lowest BCUT2D eigenvalue weighted by Crippen LogP contribution is -2.10. The number of aromatic nitrogens is 3. The molecule has 0 fully saturated rings. The van der Waals surface area contributed by atoms with E-state index < -0.39 is 0 Å². The predicted molar refractivity (Wildman–Crippen MR) is 81.1 cm³/mol. The van der Waals surface area contributed by atoms with Crippen LogP contribution in [0.1, 0.15) is 42.5 Å². The Morgan fingerprint density at radius 2 is 2.10 bits per heavy atom. The molecule has 20 heavy (non-hydrogen) atoms. The fourth-order valence-electron chi connectivity index (χ4n) is 2.93. The van der Waals surface area contributed by atoms with Gasteiger partial charge >= 0.3 is 0 Å². The Kier molecular flexibility index (Phi) is 3.72. The van der Waals surface area contributed by atoms with Gasteiger partial charge in [0.05, 0.1) is 12.2 Å². The molecule has 106 valence electrons. The van der Waals surface area contributed by atoms with Crippen LogP contribution in [0.5, 0.6) is 0 Å². The maximum atomic E-state index is 4.72. The van der Waals surface area contributed by atoms with Crippen LogP contribution >= 0.6 is 0 Å². The lowest BCUT2D eigenvalue weighted by atomic mass is 10.0. The number of imidazole rings is 1. The Balaban J connectivity index is 1.82. The zero-order chi connectivity index (χ0) is 13.9. The van der Waals surface area contributed by atoms with Crippen LogP contribution in [0.2, 0.25) is 0 Å². The highest BCUT2D eigenvalue weighted by molar-refractivity contribution is 5.35. The van der Waals surface area contributed by atoms with E-state index in [-0.39, 0.29) is 0 Å². The number of pyridine rings is 1. The molecule has 1 N–H and O–H groups in total. The number of fused-ring (bicyclic) bond motifs is 1. The van der Waals surface area contributed by atoms with Gasteiger partial charge in [0, 0.05) is 18.4 Å². The van der Waals surface area contributed by atoms with Crippen LogP contribution in [0, 0.1) is 6.92 Å². The van der Waals surface area contributed by atoms with Gasteiger partial charge in [-0.05, 0) is 51.2 Å². The van der Waals surface area contributed by atoms with Crippen LogP contribution in [0.15, 0.2) is 18.3 Å². The molecular formula is C16H22N4. The number of anilines is 1. The van der Waals surface area contributed by atoms with Crippen molar-refractivity contribution in [3.8, 4) is 0 Å². The molecule has 1 aliphatic rings. The Labute approximate surface area is 120 Å². The van der Waals surface area contributed by atoms with Crippen molar-refractivity contribution in [1.82, 2.24) is 14.5 Å². The first kappa shape index (κ1) is 13.2. The molecule has 0 unspecified atom stereocenters. The van der Waals surface area contributed by atoms with Crippen molar-refractivity contribution in [2.75, 3.05) is 11.9 Å². The van der Waals surface area contributed by atoms with E-state index in [2.05, 4.69) is 40.8 Å². The molecule has 3 rings (SSSR count). The summed E-state index contributed by atoms with van der Waals surface area (Å²) in [5.74, 6) is 2.08. The molecule has 2 aromatic rings. The third-order valence-electron chi connectivity index (χ3n) is 3.95. The Bertz CT molecular complexity index is 583. The number of nitrogens with one attached hydrogen (secondary N) is 1. The van der Waals surface area contributed by atoms with E-state index in [0.717, 1.165) is 31.2 Å². The molecule has 0 aliphatic heterocycles. The Morgan fingerprint density at radius 3 is 2.85 bits per heavy atom. The number of aryl methyl sites for hydroxylation is 2. The molecule has 0 atom stereocenters. The third kappa shape index (κ3) is 2.55. The third-order valence-corrected chi connectivity index (χ3v) is 3.95. The molecule has 0 aromatic carbocycles. The van der Waals surface area contributed by atoms with Crippen molar-refractivity contribution < 1.29 is 0 Å². The maximum absolute atomic E-state index is 4.72. The first-order chi connectivity index (χ1) is 9.78. The molecule has 0 bridgehead atoms. The van der Waals surface area contributed by atoms with Gasteiger partial charge in [0.25, 0.3) is 0 Å². The highest BCUT2D eigenvalue weighted by atomic mass is 15.1. The summed E-state index contributed by atoms with van der Waals surface area (Å²) in [5.41, 5.74) is 3.98. The molecule has 2 aromatic heterocycles. The van der Waals surface area contributed by atoms with Crippen molar-refractivity contribution in [2.45, 2.75) is 46.1 Å². The van der Waals surface area contributed by atoms with Gasteiger partial charge in [-0.1, -0.05) is 6.07 Å². The summed E-state index contributed by atoms with van der Waals surface area (Å²) in [4.78, 5) is 9.17. The summed E-state index contributed by atoms with van der Waals surface area (Å²) in [6.45, 7) is 5.98. The van der Waals surface area contributed by atoms with Crippen LogP contribution in [-0.2, 0) is 19.4 Å². The monoisotopic (exact) mass is 270 g/mol. The smallest absolute Gasteiger partial charge is 0.125 e. The highest BCUT2D eigenvalue weighted by Crippen LogP contribution is 2.23. The topological polar surface area (TPSA) is 42.7 Å². The van der Waals surface area contributed by atoms with Crippen molar-refractivity contribution >= 4 is 5.82 Å². The molecule has 4 heteroatoms. The number of hydrogen-bond donors (Lipinski definition) is 1. The van der Waals surface area contributed by atoms with Gasteiger partial charge in [-0.25, -0.2) is 9.97 Å². The maximum Gasteiger partial charge on any atom is 0.125 e. The summed E-state index contributed by atoms with van der Waals surface area (Å²) < 4.78 is 2.36. The van der Waals surface area contributed by atoms with Gasteiger partial charge in [0.1, 0.15) is 11.6 Å². The second-order valence-corrected chi connectivity index (χ2v) is 5.43. The minimum atomic E-state index is 0.883. The Hall–Kier alpha value is -1.84. The zero-order valence-electron chi connectivity index (χ0n) is 12.3. The fourth-order valence-corrected chi connectivity index (χ4v) is 2.93. The first-order valence-electron chi connectivity index (χ1n) is 7.51. The largest absolute Gasteiger partial charge is 0.370 e. The summed E-state index contributed by atoms with van der Waals surface area (Å²) >= 11 is 0. The summed E-state index contributed by atoms with van der Waals surface area (Å²) in [5, 5.41) is 3.22. The van der Waals surface area contributed by atoms with E-state index in [9.17, 15) is 0 Å². The van der Waals surface area contributed by atoms with E-state index >= 15 is 0 Å². The summed E-state index contributed by atoms with van der Waals surface area (Å²) in [6, 6.07) is 4.21. The second kappa shape index (κ2) is 5.65. The van der Waals surface area contributed by atoms with E-state index in [1.54, 1.807) is 0 Å².